The van der Waals surface area contributed by atoms with Gasteiger partial charge in [0.1, 0.15) is 39.6 Å². The van der Waals surface area contributed by atoms with Crippen LogP contribution in [-0.2, 0) is 39.0 Å². The summed E-state index contributed by atoms with van der Waals surface area (Å²) in [4.78, 5) is 18.5. The van der Waals surface area contributed by atoms with E-state index in [1.165, 1.54) is 38.1 Å². The number of amides is 1. The van der Waals surface area contributed by atoms with E-state index in [1.807, 2.05) is 5.32 Å². The van der Waals surface area contributed by atoms with Crippen molar-refractivity contribution in [1.82, 2.24) is 25.4 Å². The van der Waals surface area contributed by atoms with Gasteiger partial charge in [0.2, 0.25) is 11.7 Å². The van der Waals surface area contributed by atoms with Gasteiger partial charge < -0.3 is 15.2 Å². The number of nitrogens with one attached hydrogen (secondary N) is 4. The highest BCUT2D eigenvalue weighted by Crippen LogP contribution is 2.46. The second kappa shape index (κ2) is 18.8. The molecular formula is C43H40ClF10N7O4S2. The number of nitrogens with zero attached hydrogens (tertiary/aromatic N) is 3. The summed E-state index contributed by atoms with van der Waals surface area (Å²) in [5.74, 6) is -6.73. The van der Waals surface area contributed by atoms with Crippen LogP contribution in [0.1, 0.15) is 75.4 Å². The molecule has 4 aromatic rings. The van der Waals surface area contributed by atoms with E-state index in [0.29, 0.717) is 31.7 Å². The standard InChI is InChI=1S/C43H40ClF10N7O4S2/c1-41(2,67(64,65)26-6-7-26)12-11-24-3-8-27(28-9-10-29(44)33-37(28)61(20-31(47)48)59-40(33)60-66(63)25-4-5-25)36(57-24)30(17-21-15-22(45)18-23(46)16-21)58-32(62)19-56-38-34(35(55)39(49)50)42(51,52)13-14-43(38,53)54/h3,8-10,15-16,18,25-26,30-31,39,55-56H,4-7,13-14,17,19-20H2,1-2H3,(H,58,62)(H,59,60)/t30-,66?/m0/s1. The van der Waals surface area contributed by atoms with E-state index in [4.69, 9.17) is 17.0 Å². The van der Waals surface area contributed by atoms with E-state index in [0.717, 1.165) is 16.8 Å². The van der Waals surface area contributed by atoms with Crippen LogP contribution < -0.4 is 15.4 Å². The molecule has 24 heteroatoms. The first kappa shape index (κ1) is 49.8. The zero-order valence-corrected chi connectivity index (χ0v) is 37.6. The molecule has 2 aromatic heterocycles. The van der Waals surface area contributed by atoms with E-state index in [1.54, 1.807) is 0 Å². The summed E-state index contributed by atoms with van der Waals surface area (Å²) >= 11 is 4.95. The van der Waals surface area contributed by atoms with E-state index in [-0.39, 0.29) is 55.1 Å². The lowest BCUT2D eigenvalue weighted by molar-refractivity contribution is -0.121. The summed E-state index contributed by atoms with van der Waals surface area (Å²) in [6, 6.07) is 6.06. The summed E-state index contributed by atoms with van der Waals surface area (Å²) in [6.07, 6.45) is -8.53. The first-order valence-electron chi connectivity index (χ1n) is 20.6. The Balaban J connectivity index is 1.40. The Kier molecular flexibility index (Phi) is 14.0. The van der Waals surface area contributed by atoms with Crippen LogP contribution in [0.3, 0.4) is 0 Å². The molecule has 0 bridgehead atoms. The van der Waals surface area contributed by atoms with Crippen LogP contribution in [0.5, 0.6) is 0 Å². The third-order valence-corrected chi connectivity index (χ3v) is 15.9. The quantitative estimate of drug-likeness (QED) is 0.0353. The molecule has 2 aromatic carbocycles. The molecule has 0 spiro atoms. The Morgan fingerprint density at radius 3 is 2.25 bits per heavy atom. The largest absolute Gasteiger partial charge is 0.593 e. The van der Waals surface area contributed by atoms with Crippen molar-refractivity contribution in [2.75, 3.05) is 11.3 Å². The summed E-state index contributed by atoms with van der Waals surface area (Å²) < 4.78 is 187. The minimum atomic E-state index is -4.33. The molecule has 7 rings (SSSR count). The number of carbonyl (C=O) groups is 1. The van der Waals surface area contributed by atoms with Gasteiger partial charge in [0.15, 0.2) is 9.84 Å². The van der Waals surface area contributed by atoms with Gasteiger partial charge in [-0.25, -0.2) is 48.5 Å². The van der Waals surface area contributed by atoms with Crippen LogP contribution in [0.15, 0.2) is 53.7 Å². The Morgan fingerprint density at radius 1 is 1.00 bits per heavy atom. The van der Waals surface area contributed by atoms with Gasteiger partial charge in [-0.05, 0) is 74.9 Å². The minimum Gasteiger partial charge on any atom is -0.593 e. The molecule has 67 heavy (non-hydrogen) atoms. The lowest BCUT2D eigenvalue weighted by Crippen LogP contribution is -2.47. The Hall–Kier alpha value is -5.05. The van der Waals surface area contributed by atoms with Gasteiger partial charge in [0.05, 0.1) is 62.1 Å². The molecule has 3 aliphatic carbocycles. The second-order valence-electron chi connectivity index (χ2n) is 16.8. The SMILES string of the molecule is CC(C)(C#Cc1ccc(-c2ccc(Cl)c3c(N[S+]([O-])C4CC4)nn(CC(F)F)c23)c([C@H](Cc2cc(F)cc(F)c2)NC(=O)CNC2=C(C(=N)C(F)F)C(F)(F)CCC2(F)F)n1)S(=O)(=O)C1CC1. The molecule has 2 atom stereocenters. The van der Waals surface area contributed by atoms with Crippen molar-refractivity contribution in [3.8, 4) is 23.0 Å². The lowest BCUT2D eigenvalue weighted by atomic mass is 9.86. The Bertz CT molecular complexity index is 2810. The smallest absolute Gasteiger partial charge is 0.288 e. The number of hydrogen-bond acceptors (Lipinski definition) is 9. The lowest BCUT2D eigenvalue weighted by Gasteiger charge is -2.34. The maximum Gasteiger partial charge on any atom is 0.288 e. The van der Waals surface area contributed by atoms with Gasteiger partial charge >= 0.3 is 0 Å². The van der Waals surface area contributed by atoms with Crippen LogP contribution in [0, 0.1) is 28.9 Å². The molecule has 2 heterocycles. The molecule has 1 amide bonds. The molecular weight excluding hydrogens is 968 g/mol. The number of aromatic nitrogens is 3. The van der Waals surface area contributed by atoms with Crippen molar-refractivity contribution in [2.24, 2.45) is 0 Å². The number of sulfone groups is 1. The molecule has 0 saturated heterocycles. The van der Waals surface area contributed by atoms with Crippen LogP contribution in [-0.4, -0.2) is 85.8 Å². The van der Waals surface area contributed by atoms with Crippen molar-refractivity contribution < 1.29 is 61.7 Å². The molecule has 0 radical (unpaired) electrons. The second-order valence-corrected chi connectivity index (χ2v) is 21.5. The van der Waals surface area contributed by atoms with E-state index in [2.05, 4.69) is 32.0 Å². The van der Waals surface area contributed by atoms with Gasteiger partial charge in [0, 0.05) is 42.9 Å². The summed E-state index contributed by atoms with van der Waals surface area (Å²) in [7, 11) is -3.78. The Morgan fingerprint density at radius 2 is 1.64 bits per heavy atom. The molecule has 2 fully saturated rings. The molecule has 11 nitrogen and oxygen atoms in total. The zero-order chi connectivity index (χ0) is 49.0. The Labute approximate surface area is 385 Å². The molecule has 360 valence electrons. The van der Waals surface area contributed by atoms with Crippen LogP contribution >= 0.6 is 11.6 Å². The molecule has 2 saturated carbocycles. The van der Waals surface area contributed by atoms with Crippen LogP contribution in [0.4, 0.5) is 49.7 Å². The molecule has 0 aliphatic heterocycles. The summed E-state index contributed by atoms with van der Waals surface area (Å²) in [6.45, 7) is 0.403. The van der Waals surface area contributed by atoms with Gasteiger partial charge in [-0.1, -0.05) is 23.6 Å². The van der Waals surface area contributed by atoms with Gasteiger partial charge in [0.25, 0.3) is 24.7 Å². The van der Waals surface area contributed by atoms with Gasteiger partial charge in [-0.15, -0.1) is 5.10 Å². The number of allylic oxidation sites excluding steroid dienone is 2. The van der Waals surface area contributed by atoms with Crippen LogP contribution in [0.25, 0.3) is 22.0 Å². The number of rotatable bonds is 17. The average Bonchev–Trinajstić information content (AvgIpc) is 4.17. The number of hydrogen-bond donors (Lipinski definition) is 4. The highest BCUT2D eigenvalue weighted by molar-refractivity contribution is 7.94. The van der Waals surface area contributed by atoms with E-state index >= 15 is 8.78 Å². The predicted molar refractivity (Wildman–Crippen MR) is 230 cm³/mol. The van der Waals surface area contributed by atoms with Crippen molar-refractivity contribution in [2.45, 2.75) is 111 Å². The summed E-state index contributed by atoms with van der Waals surface area (Å²) in [5.41, 5.74) is -6.52. The van der Waals surface area contributed by atoms with Crippen molar-refractivity contribution in [3.63, 3.8) is 0 Å². The first-order chi connectivity index (χ1) is 31.3. The maximum atomic E-state index is 15.2. The van der Waals surface area contributed by atoms with Crippen molar-refractivity contribution in [3.05, 3.63) is 87.3 Å². The molecule has 4 N–H and O–H groups in total. The number of benzene rings is 2. The van der Waals surface area contributed by atoms with Crippen LogP contribution in [0.2, 0.25) is 5.02 Å². The van der Waals surface area contributed by atoms with E-state index in [9.17, 15) is 52.9 Å². The van der Waals surface area contributed by atoms with Gasteiger partial charge in [-0.2, -0.15) is 13.5 Å². The normalized spacial score (nSPS) is 18.1. The number of pyridine rings is 1. The number of halogens is 11. The summed E-state index contributed by atoms with van der Waals surface area (Å²) in [5, 5.41) is 15.2. The molecule has 1 unspecified atom stereocenters. The third-order valence-electron chi connectivity index (χ3n) is 11.2. The fourth-order valence-corrected chi connectivity index (χ4v) is 10.7. The number of fused-ring (bicyclic) bond motifs is 1. The fourth-order valence-electron chi connectivity index (χ4n) is 7.59. The minimum absolute atomic E-state index is 0.0219. The zero-order valence-electron chi connectivity index (χ0n) is 35.2. The fraction of sp³-hybridized carbons (Fsp3) is 0.442. The number of alkyl halides is 8. The van der Waals surface area contributed by atoms with Crippen molar-refractivity contribution >= 4 is 61.1 Å². The van der Waals surface area contributed by atoms with Crippen molar-refractivity contribution in [1.29, 1.82) is 5.41 Å². The number of anilines is 1. The average molecular weight is 1010 g/mol. The molecule has 3 aliphatic rings. The first-order valence-corrected chi connectivity index (χ1v) is 23.7. The third kappa shape index (κ3) is 10.8. The highest BCUT2D eigenvalue weighted by atomic mass is 35.5. The monoisotopic (exact) mass is 1010 g/mol. The topological polar surface area (TPSA) is 165 Å². The number of carbonyl (C=O) groups excluding carboxylic acids is 1. The van der Waals surface area contributed by atoms with E-state index < -0.39 is 129 Å². The highest BCUT2D eigenvalue weighted by Gasteiger charge is 2.54. The predicted octanol–water partition coefficient (Wildman–Crippen LogP) is 8.83. The van der Waals surface area contributed by atoms with Gasteiger partial charge in [-0.3, -0.25) is 14.9 Å². The maximum absolute atomic E-state index is 15.2.